The van der Waals surface area contributed by atoms with Gasteiger partial charge in [-0.15, -0.1) is 0 Å². The molecule has 0 fully saturated rings. The number of hydrogen-bond donors (Lipinski definition) is 1. The van der Waals surface area contributed by atoms with Gasteiger partial charge in [0.1, 0.15) is 18.0 Å². The van der Waals surface area contributed by atoms with Gasteiger partial charge >= 0.3 is 6.03 Å². The Morgan fingerprint density at radius 3 is 2.77 bits per heavy atom. The van der Waals surface area contributed by atoms with Crippen molar-refractivity contribution in [1.29, 1.82) is 0 Å². The zero-order valence-electron chi connectivity index (χ0n) is 14.3. The van der Waals surface area contributed by atoms with Crippen LogP contribution in [0.15, 0.2) is 47.5 Å². The molecule has 3 rings (SSSR count). The van der Waals surface area contributed by atoms with Gasteiger partial charge in [0.15, 0.2) is 0 Å². The number of anilines is 1. The number of nitrogens with zero attached hydrogens (tertiary/aromatic N) is 2. The van der Waals surface area contributed by atoms with E-state index in [1.54, 1.807) is 42.5 Å². The third-order valence-corrected chi connectivity index (χ3v) is 3.97. The van der Waals surface area contributed by atoms with Crippen LogP contribution in [0.3, 0.4) is 0 Å². The number of nitrogens with one attached hydrogen (secondary N) is 1. The molecule has 8 heteroatoms. The number of fused-ring (bicyclic) bond motifs is 1. The number of benzene rings is 1. The van der Waals surface area contributed by atoms with E-state index >= 15 is 0 Å². The first kappa shape index (κ1) is 17.4. The second kappa shape index (κ2) is 7.22. The van der Waals surface area contributed by atoms with Crippen LogP contribution in [0.1, 0.15) is 0 Å². The first-order valence-electron chi connectivity index (χ1n) is 7.84. The van der Waals surface area contributed by atoms with Gasteiger partial charge in [0, 0.05) is 6.07 Å². The van der Waals surface area contributed by atoms with E-state index in [4.69, 9.17) is 9.47 Å². The molecule has 0 aromatic heterocycles. The standard InChI is InChI=1S/C18H17N3O5/c1-25-11-7-8-14(15(9-11)26-2)19-16(22)10-21-17(23)12-5-3-4-6-13(12)20-18(21)24/h3-9,12H,10H2,1-2H3,(H,19,22). The maximum atomic E-state index is 12.5. The maximum absolute atomic E-state index is 12.5. The Morgan fingerprint density at radius 1 is 1.23 bits per heavy atom. The summed E-state index contributed by atoms with van der Waals surface area (Å²) in [5.41, 5.74) is 0.788. The van der Waals surface area contributed by atoms with Crippen molar-refractivity contribution in [3.8, 4) is 11.5 Å². The maximum Gasteiger partial charge on any atom is 0.351 e. The van der Waals surface area contributed by atoms with Gasteiger partial charge in [-0.25, -0.2) is 4.79 Å². The Kier molecular flexibility index (Phi) is 4.83. The van der Waals surface area contributed by atoms with Crippen LogP contribution in [0.5, 0.6) is 11.5 Å². The predicted octanol–water partition coefficient (Wildman–Crippen LogP) is 1.79. The average Bonchev–Trinajstić information content (AvgIpc) is 2.65. The largest absolute Gasteiger partial charge is 0.497 e. The number of methoxy groups -OCH3 is 2. The van der Waals surface area contributed by atoms with Crippen molar-refractivity contribution in [3.63, 3.8) is 0 Å². The lowest BCUT2D eigenvalue weighted by Gasteiger charge is -2.27. The molecule has 1 N–H and O–H groups in total. The number of rotatable bonds is 5. The molecule has 0 saturated carbocycles. The highest BCUT2D eigenvalue weighted by atomic mass is 16.5. The molecular formula is C18H17N3O5. The van der Waals surface area contributed by atoms with Crippen molar-refractivity contribution in [2.75, 3.05) is 26.1 Å². The summed E-state index contributed by atoms with van der Waals surface area (Å²) in [4.78, 5) is 41.6. The molecule has 8 nitrogen and oxygen atoms in total. The number of imide groups is 1. The van der Waals surface area contributed by atoms with E-state index in [2.05, 4.69) is 10.3 Å². The van der Waals surface area contributed by atoms with Crippen molar-refractivity contribution < 1.29 is 23.9 Å². The molecule has 2 aliphatic rings. The Balaban J connectivity index is 1.73. The number of carbonyl (C=O) groups is 3. The highest BCUT2D eigenvalue weighted by molar-refractivity contribution is 6.22. The molecule has 26 heavy (non-hydrogen) atoms. The predicted molar refractivity (Wildman–Crippen MR) is 94.5 cm³/mol. The molecular weight excluding hydrogens is 338 g/mol. The number of carbonyl (C=O) groups excluding carboxylic acids is 3. The minimum atomic E-state index is -0.752. The summed E-state index contributed by atoms with van der Waals surface area (Å²) in [6.45, 7) is -0.433. The van der Waals surface area contributed by atoms with Gasteiger partial charge in [0.05, 0.1) is 31.5 Å². The minimum absolute atomic E-state index is 0.385. The second-order valence-electron chi connectivity index (χ2n) is 5.58. The van der Waals surface area contributed by atoms with Gasteiger partial charge in [-0.1, -0.05) is 18.2 Å². The lowest BCUT2D eigenvalue weighted by atomic mass is 9.95. The molecule has 1 unspecified atom stereocenters. The third kappa shape index (κ3) is 3.34. The van der Waals surface area contributed by atoms with E-state index in [1.165, 1.54) is 14.2 Å². The highest BCUT2D eigenvalue weighted by Gasteiger charge is 2.36. The highest BCUT2D eigenvalue weighted by Crippen LogP contribution is 2.29. The average molecular weight is 355 g/mol. The molecule has 1 atom stereocenters. The zero-order chi connectivity index (χ0) is 18.7. The summed E-state index contributed by atoms with van der Waals surface area (Å²) in [5, 5.41) is 2.63. The fraction of sp³-hybridized carbons (Fsp3) is 0.222. The van der Waals surface area contributed by atoms with E-state index in [-0.39, 0.29) is 0 Å². The number of ether oxygens (including phenoxy) is 2. The number of amides is 4. The Labute approximate surface area is 149 Å². The molecule has 1 aromatic carbocycles. The Hall–Kier alpha value is -3.42. The smallest absolute Gasteiger partial charge is 0.351 e. The quantitative estimate of drug-likeness (QED) is 0.868. The van der Waals surface area contributed by atoms with Crippen molar-refractivity contribution >= 4 is 29.2 Å². The van der Waals surface area contributed by atoms with Crippen LogP contribution >= 0.6 is 0 Å². The molecule has 1 heterocycles. The van der Waals surface area contributed by atoms with Crippen molar-refractivity contribution in [2.45, 2.75) is 0 Å². The summed E-state index contributed by atoms with van der Waals surface area (Å²) in [6, 6.07) is 4.13. The normalized spacial score (nSPS) is 18.3. The van der Waals surface area contributed by atoms with E-state index in [9.17, 15) is 14.4 Å². The van der Waals surface area contributed by atoms with E-state index < -0.39 is 30.3 Å². The van der Waals surface area contributed by atoms with Gasteiger partial charge in [0.2, 0.25) is 11.8 Å². The van der Waals surface area contributed by atoms with Gasteiger partial charge in [-0.3, -0.25) is 14.5 Å². The zero-order valence-corrected chi connectivity index (χ0v) is 14.3. The van der Waals surface area contributed by atoms with Crippen molar-refractivity contribution in [1.82, 2.24) is 4.90 Å². The molecule has 0 radical (unpaired) electrons. The second-order valence-corrected chi connectivity index (χ2v) is 5.58. The summed E-state index contributed by atoms with van der Waals surface area (Å²) in [6.07, 6.45) is 6.66. The molecule has 1 aromatic rings. The molecule has 134 valence electrons. The Morgan fingerprint density at radius 2 is 2.04 bits per heavy atom. The number of allylic oxidation sites excluding steroid dienone is 3. The van der Waals surface area contributed by atoms with Gasteiger partial charge in [-0.05, 0) is 18.2 Å². The van der Waals surface area contributed by atoms with E-state index in [1.807, 2.05) is 0 Å². The molecule has 0 bridgehead atoms. The van der Waals surface area contributed by atoms with Gasteiger partial charge in [-0.2, -0.15) is 4.99 Å². The molecule has 4 amide bonds. The van der Waals surface area contributed by atoms with Crippen LogP contribution in [0.2, 0.25) is 0 Å². The summed E-state index contributed by atoms with van der Waals surface area (Å²) in [7, 11) is 2.98. The molecule has 0 spiro atoms. The number of urea groups is 1. The van der Waals surface area contributed by atoms with Crippen LogP contribution in [-0.2, 0) is 9.59 Å². The fourth-order valence-electron chi connectivity index (χ4n) is 2.66. The first-order valence-corrected chi connectivity index (χ1v) is 7.84. The van der Waals surface area contributed by atoms with Crippen LogP contribution in [0.25, 0.3) is 0 Å². The molecule has 0 saturated heterocycles. The van der Waals surface area contributed by atoms with Gasteiger partial charge in [0.25, 0.3) is 0 Å². The van der Waals surface area contributed by atoms with E-state index in [0.717, 1.165) is 4.90 Å². The van der Waals surface area contributed by atoms with Crippen LogP contribution in [0.4, 0.5) is 10.5 Å². The summed E-state index contributed by atoms with van der Waals surface area (Å²) >= 11 is 0. The van der Waals surface area contributed by atoms with Gasteiger partial charge < -0.3 is 14.8 Å². The Bertz CT molecular complexity index is 856. The third-order valence-electron chi connectivity index (χ3n) is 3.97. The van der Waals surface area contributed by atoms with Crippen molar-refractivity contribution in [2.24, 2.45) is 10.9 Å². The van der Waals surface area contributed by atoms with Crippen molar-refractivity contribution in [3.05, 3.63) is 42.5 Å². The summed E-state index contributed by atoms with van der Waals surface area (Å²) in [5.74, 6) is -0.683. The molecule has 1 aliphatic heterocycles. The first-order chi connectivity index (χ1) is 12.5. The van der Waals surface area contributed by atoms with Crippen LogP contribution in [-0.4, -0.2) is 49.2 Å². The number of hydrogen-bond acceptors (Lipinski definition) is 5. The number of aliphatic imine (C=N–C) groups is 1. The van der Waals surface area contributed by atoms with Crippen LogP contribution in [0, 0.1) is 5.92 Å². The molecule has 1 aliphatic carbocycles. The monoisotopic (exact) mass is 355 g/mol. The van der Waals surface area contributed by atoms with E-state index in [0.29, 0.717) is 22.9 Å². The summed E-state index contributed by atoms with van der Waals surface area (Å²) < 4.78 is 10.3. The fourth-order valence-corrected chi connectivity index (χ4v) is 2.66. The lowest BCUT2D eigenvalue weighted by molar-refractivity contribution is -0.132. The SMILES string of the molecule is COc1ccc(NC(=O)CN2C(=O)N=C3C=CC=CC3C2=O)c(OC)c1. The minimum Gasteiger partial charge on any atom is -0.497 e. The van der Waals surface area contributed by atoms with Crippen LogP contribution < -0.4 is 14.8 Å². The topological polar surface area (TPSA) is 97.3 Å². The lowest BCUT2D eigenvalue weighted by Crippen LogP contribution is -2.49.